The highest BCUT2D eigenvalue weighted by molar-refractivity contribution is 5.93. The van der Waals surface area contributed by atoms with E-state index >= 15 is 0 Å². The van der Waals surface area contributed by atoms with Gasteiger partial charge in [-0.3, -0.25) is 9.69 Å². The maximum absolute atomic E-state index is 12.9. The highest BCUT2D eigenvalue weighted by Crippen LogP contribution is 2.33. The molecule has 2 saturated heterocycles. The number of methoxy groups -OCH3 is 1. The molecule has 3 heterocycles. The van der Waals surface area contributed by atoms with Crippen LogP contribution in [0.25, 0.3) is 10.8 Å². The maximum atomic E-state index is 12.9. The van der Waals surface area contributed by atoms with E-state index in [1.165, 1.54) is 6.42 Å². The first-order chi connectivity index (χ1) is 14.7. The number of benzene rings is 2. The summed E-state index contributed by atoms with van der Waals surface area (Å²) in [7, 11) is 1.65. The summed E-state index contributed by atoms with van der Waals surface area (Å²) in [6.45, 7) is 3.81. The zero-order valence-electron chi connectivity index (χ0n) is 17.0. The van der Waals surface area contributed by atoms with Crippen LogP contribution in [0, 0.1) is 0 Å². The Bertz CT molecular complexity index is 1060. The molecule has 2 aliphatic heterocycles. The molecule has 0 unspecified atom stereocenters. The van der Waals surface area contributed by atoms with Crippen LogP contribution in [0.3, 0.4) is 0 Å². The smallest absolute Gasteiger partial charge is 0.276 e. The van der Waals surface area contributed by atoms with Gasteiger partial charge < -0.3 is 18.9 Å². The molecule has 30 heavy (non-hydrogen) atoms. The molecule has 0 N–H and O–H groups in total. The summed E-state index contributed by atoms with van der Waals surface area (Å²) in [5, 5.41) is 5.94. The van der Waals surface area contributed by atoms with Crippen LogP contribution in [0.15, 0.2) is 47.0 Å². The summed E-state index contributed by atoms with van der Waals surface area (Å²) in [6, 6.07) is 13.9. The molecule has 7 nitrogen and oxygen atoms in total. The molecule has 0 bridgehead atoms. The maximum Gasteiger partial charge on any atom is 0.276 e. The van der Waals surface area contributed by atoms with Gasteiger partial charge in [0.05, 0.1) is 7.11 Å². The Hall–Kier alpha value is -3.06. The second-order valence-electron chi connectivity index (χ2n) is 7.86. The van der Waals surface area contributed by atoms with E-state index in [2.05, 4.69) is 10.1 Å². The van der Waals surface area contributed by atoms with E-state index in [9.17, 15) is 4.79 Å². The van der Waals surface area contributed by atoms with Crippen LogP contribution >= 0.6 is 0 Å². The van der Waals surface area contributed by atoms with E-state index in [1.54, 1.807) is 13.2 Å². The summed E-state index contributed by atoms with van der Waals surface area (Å²) in [4.78, 5) is 17.2. The van der Waals surface area contributed by atoms with Crippen LogP contribution in [0.4, 0.5) is 0 Å². The summed E-state index contributed by atoms with van der Waals surface area (Å²) >= 11 is 0. The number of fused-ring (bicyclic) bond motifs is 2. The van der Waals surface area contributed by atoms with E-state index in [0.717, 1.165) is 54.9 Å². The number of carbonyl (C=O) groups is 1. The van der Waals surface area contributed by atoms with E-state index in [1.807, 2.05) is 41.3 Å². The fraction of sp³-hybridized carbons (Fsp3) is 0.391. The van der Waals surface area contributed by atoms with Crippen LogP contribution in [0.1, 0.15) is 29.1 Å². The molecule has 3 aromatic rings. The van der Waals surface area contributed by atoms with Crippen molar-refractivity contribution in [1.29, 1.82) is 0 Å². The minimum Gasteiger partial charge on any atom is -0.496 e. The minimum absolute atomic E-state index is 0.0635. The number of ether oxygens (including phenoxy) is 2. The van der Waals surface area contributed by atoms with Gasteiger partial charge in [-0.2, -0.15) is 0 Å². The van der Waals surface area contributed by atoms with Gasteiger partial charge in [0.15, 0.2) is 11.5 Å². The molecule has 5 rings (SSSR count). The Balaban J connectivity index is 1.27. The Morgan fingerprint density at radius 2 is 1.93 bits per heavy atom. The van der Waals surface area contributed by atoms with Crippen molar-refractivity contribution in [2.45, 2.75) is 25.5 Å². The molecule has 156 valence electrons. The van der Waals surface area contributed by atoms with Gasteiger partial charge in [0.1, 0.15) is 18.1 Å². The first-order valence-corrected chi connectivity index (χ1v) is 10.4. The number of carbonyl (C=O) groups excluding carboxylic acids is 1. The van der Waals surface area contributed by atoms with Crippen LogP contribution in [0.2, 0.25) is 0 Å². The van der Waals surface area contributed by atoms with Crippen molar-refractivity contribution >= 4 is 16.7 Å². The van der Waals surface area contributed by atoms with Crippen molar-refractivity contribution in [3.05, 3.63) is 53.9 Å². The first-order valence-electron chi connectivity index (χ1n) is 10.4. The Morgan fingerprint density at radius 1 is 1.13 bits per heavy atom. The molecule has 2 fully saturated rings. The molecule has 0 aliphatic carbocycles. The van der Waals surface area contributed by atoms with Crippen LogP contribution in [-0.4, -0.2) is 60.2 Å². The van der Waals surface area contributed by atoms with E-state index < -0.39 is 0 Å². The fourth-order valence-corrected chi connectivity index (χ4v) is 4.52. The predicted molar refractivity (Wildman–Crippen MR) is 112 cm³/mol. The average molecular weight is 407 g/mol. The highest BCUT2D eigenvalue weighted by atomic mass is 16.5. The van der Waals surface area contributed by atoms with Gasteiger partial charge in [-0.25, -0.2) is 0 Å². The SMILES string of the molecule is COc1ccc(OCc2cc(C(=O)N3CCN4CCC[C@H]4C3)no2)c2ccccc12. The van der Waals surface area contributed by atoms with Gasteiger partial charge in [0.25, 0.3) is 5.91 Å². The zero-order valence-corrected chi connectivity index (χ0v) is 17.0. The highest BCUT2D eigenvalue weighted by Gasteiger charge is 2.33. The van der Waals surface area contributed by atoms with Gasteiger partial charge in [-0.15, -0.1) is 0 Å². The van der Waals surface area contributed by atoms with E-state index in [-0.39, 0.29) is 12.5 Å². The lowest BCUT2D eigenvalue weighted by atomic mass is 10.1. The molecular weight excluding hydrogens is 382 g/mol. The van der Waals surface area contributed by atoms with E-state index in [0.29, 0.717) is 17.5 Å². The quantitative estimate of drug-likeness (QED) is 0.646. The van der Waals surface area contributed by atoms with Crippen molar-refractivity contribution in [2.75, 3.05) is 33.3 Å². The van der Waals surface area contributed by atoms with E-state index in [4.69, 9.17) is 14.0 Å². The predicted octanol–water partition coefficient (Wildman–Crippen LogP) is 3.34. The number of rotatable bonds is 5. The third kappa shape index (κ3) is 3.50. The Kier molecular flexibility index (Phi) is 5.04. The monoisotopic (exact) mass is 407 g/mol. The Labute approximate surface area is 175 Å². The summed E-state index contributed by atoms with van der Waals surface area (Å²) in [5.74, 6) is 1.99. The molecule has 1 aromatic heterocycles. The number of amides is 1. The number of aromatic nitrogens is 1. The van der Waals surface area contributed by atoms with Gasteiger partial charge in [-0.1, -0.05) is 29.4 Å². The minimum atomic E-state index is -0.0635. The lowest BCUT2D eigenvalue weighted by molar-refractivity contribution is 0.0561. The first kappa shape index (κ1) is 18.9. The van der Waals surface area contributed by atoms with Gasteiger partial charge >= 0.3 is 0 Å². The number of piperazine rings is 1. The van der Waals surface area contributed by atoms with Crippen LogP contribution in [0.5, 0.6) is 11.5 Å². The molecule has 1 atom stereocenters. The van der Waals surface area contributed by atoms with Crippen LogP contribution < -0.4 is 9.47 Å². The van der Waals surface area contributed by atoms with Gasteiger partial charge in [0.2, 0.25) is 0 Å². The summed E-state index contributed by atoms with van der Waals surface area (Å²) in [6.07, 6.45) is 2.38. The average Bonchev–Trinajstić information content (AvgIpc) is 3.46. The van der Waals surface area contributed by atoms with Crippen molar-refractivity contribution < 1.29 is 18.8 Å². The van der Waals surface area contributed by atoms with Crippen molar-refractivity contribution in [1.82, 2.24) is 15.0 Å². The molecule has 2 aliphatic rings. The molecule has 0 radical (unpaired) electrons. The second kappa shape index (κ2) is 7.99. The lowest BCUT2D eigenvalue weighted by Gasteiger charge is -2.37. The van der Waals surface area contributed by atoms with Crippen molar-refractivity contribution in [3.8, 4) is 11.5 Å². The molecule has 0 spiro atoms. The third-order valence-electron chi connectivity index (χ3n) is 6.09. The normalized spacial score (nSPS) is 19.1. The largest absolute Gasteiger partial charge is 0.496 e. The Morgan fingerprint density at radius 3 is 2.77 bits per heavy atom. The second-order valence-corrected chi connectivity index (χ2v) is 7.86. The third-order valence-corrected chi connectivity index (χ3v) is 6.09. The molecular formula is C23H25N3O4. The fourth-order valence-electron chi connectivity index (χ4n) is 4.52. The molecule has 7 heteroatoms. The lowest BCUT2D eigenvalue weighted by Crippen LogP contribution is -2.52. The topological polar surface area (TPSA) is 68.0 Å². The number of hydrogen-bond acceptors (Lipinski definition) is 6. The van der Waals surface area contributed by atoms with Crippen molar-refractivity contribution in [3.63, 3.8) is 0 Å². The molecule has 0 saturated carbocycles. The zero-order chi connectivity index (χ0) is 20.5. The summed E-state index contributed by atoms with van der Waals surface area (Å²) < 4.78 is 16.8. The summed E-state index contributed by atoms with van der Waals surface area (Å²) in [5.41, 5.74) is 0.347. The molecule has 1 amide bonds. The van der Waals surface area contributed by atoms with Crippen LogP contribution in [-0.2, 0) is 6.61 Å². The van der Waals surface area contributed by atoms with Gasteiger partial charge in [-0.05, 0) is 31.5 Å². The number of nitrogens with zero attached hydrogens (tertiary/aromatic N) is 3. The molecule has 2 aromatic carbocycles. The number of hydrogen-bond donors (Lipinski definition) is 0. The van der Waals surface area contributed by atoms with Gasteiger partial charge in [0, 0.05) is 42.5 Å². The van der Waals surface area contributed by atoms with Crippen molar-refractivity contribution in [2.24, 2.45) is 0 Å². The standard InChI is InChI=1S/C23H25N3O4/c1-28-21-8-9-22(19-7-3-2-6-18(19)21)29-15-17-13-20(24-30-17)23(27)26-12-11-25-10-4-5-16(25)14-26/h2-3,6-9,13,16H,4-5,10-12,14-15H2,1H3/t16-/m0/s1.